The molecule has 0 amide bonds. The maximum absolute atomic E-state index is 14.8. The summed E-state index contributed by atoms with van der Waals surface area (Å²) in [6.45, 7) is 1.47. The summed E-state index contributed by atoms with van der Waals surface area (Å²) in [6, 6.07) is 10.7. The van der Waals surface area contributed by atoms with E-state index in [9.17, 15) is 30.7 Å². The van der Waals surface area contributed by atoms with Crippen molar-refractivity contribution in [1.29, 1.82) is 0 Å². The predicted molar refractivity (Wildman–Crippen MR) is 110 cm³/mol. The SMILES string of the molecule is Cc1ccc2c(F)c(OCc3ccc4c(F)c(C#CC(F)(F)F)c(F)cc4c3)c(F)cc2c1. The number of rotatable bonds is 3. The Morgan fingerprint density at radius 3 is 2.15 bits per heavy atom. The van der Waals surface area contributed by atoms with Crippen LogP contribution in [0.2, 0.25) is 0 Å². The van der Waals surface area contributed by atoms with Crippen molar-refractivity contribution in [3.8, 4) is 17.6 Å². The van der Waals surface area contributed by atoms with Gasteiger partial charge in [-0.1, -0.05) is 41.8 Å². The van der Waals surface area contributed by atoms with Gasteiger partial charge in [0.1, 0.15) is 18.2 Å². The first kappa shape index (κ1) is 22.5. The van der Waals surface area contributed by atoms with E-state index in [1.54, 1.807) is 19.1 Å². The number of alkyl halides is 3. The van der Waals surface area contributed by atoms with Gasteiger partial charge in [-0.05, 0) is 41.5 Å². The second kappa shape index (κ2) is 8.32. The number of hydrogen-bond donors (Lipinski definition) is 0. The molecule has 0 radical (unpaired) electrons. The van der Waals surface area contributed by atoms with Crippen LogP contribution in [0.1, 0.15) is 16.7 Å². The number of halogens is 7. The molecule has 0 fully saturated rings. The molecule has 33 heavy (non-hydrogen) atoms. The average Bonchev–Trinajstić information content (AvgIpc) is 2.72. The molecule has 0 bridgehead atoms. The van der Waals surface area contributed by atoms with Crippen LogP contribution in [0.25, 0.3) is 21.5 Å². The second-order valence-corrected chi connectivity index (χ2v) is 7.37. The van der Waals surface area contributed by atoms with E-state index in [-0.39, 0.29) is 22.8 Å². The van der Waals surface area contributed by atoms with Gasteiger partial charge in [0, 0.05) is 16.7 Å². The molecule has 0 aliphatic heterocycles. The highest BCUT2D eigenvalue weighted by Gasteiger charge is 2.24. The van der Waals surface area contributed by atoms with Crippen molar-refractivity contribution < 1.29 is 35.5 Å². The molecule has 168 valence electrons. The fourth-order valence-corrected chi connectivity index (χ4v) is 3.44. The van der Waals surface area contributed by atoms with Gasteiger partial charge in [0.05, 0.1) is 5.56 Å². The van der Waals surface area contributed by atoms with Gasteiger partial charge in [0.25, 0.3) is 0 Å². The minimum absolute atomic E-state index is 0.0265. The summed E-state index contributed by atoms with van der Waals surface area (Å²) in [5.74, 6) is -2.58. The molecule has 0 unspecified atom stereocenters. The maximum atomic E-state index is 14.8. The molecule has 4 rings (SSSR count). The molecule has 4 aromatic rings. The van der Waals surface area contributed by atoms with E-state index in [2.05, 4.69) is 0 Å². The number of benzene rings is 4. The van der Waals surface area contributed by atoms with Crippen LogP contribution in [0.15, 0.2) is 48.5 Å². The van der Waals surface area contributed by atoms with Crippen molar-refractivity contribution in [2.24, 2.45) is 0 Å². The van der Waals surface area contributed by atoms with Crippen LogP contribution in [0.4, 0.5) is 30.7 Å². The highest BCUT2D eigenvalue weighted by atomic mass is 19.4. The zero-order valence-electron chi connectivity index (χ0n) is 16.9. The molecule has 0 atom stereocenters. The summed E-state index contributed by atoms with van der Waals surface area (Å²) in [6.07, 6.45) is -4.90. The molecule has 0 heterocycles. The first-order valence-electron chi connectivity index (χ1n) is 9.55. The molecule has 0 aliphatic rings. The van der Waals surface area contributed by atoms with E-state index >= 15 is 0 Å². The molecule has 8 heteroatoms. The van der Waals surface area contributed by atoms with Crippen molar-refractivity contribution in [3.05, 3.63) is 88.5 Å². The van der Waals surface area contributed by atoms with E-state index in [0.29, 0.717) is 10.9 Å². The summed E-state index contributed by atoms with van der Waals surface area (Å²) >= 11 is 0. The molecular formula is C25H13F7O. The van der Waals surface area contributed by atoms with Crippen LogP contribution in [0.3, 0.4) is 0 Å². The Morgan fingerprint density at radius 1 is 0.788 bits per heavy atom. The molecule has 0 N–H and O–H groups in total. The third-order valence-electron chi connectivity index (χ3n) is 4.95. The lowest BCUT2D eigenvalue weighted by Crippen LogP contribution is -2.03. The van der Waals surface area contributed by atoms with Gasteiger partial charge >= 0.3 is 6.18 Å². The summed E-state index contributed by atoms with van der Waals surface area (Å²) in [5.41, 5.74) is 0.163. The van der Waals surface area contributed by atoms with Crippen LogP contribution >= 0.6 is 0 Å². The monoisotopic (exact) mass is 462 g/mol. The molecule has 0 spiro atoms. The highest BCUT2D eigenvalue weighted by Crippen LogP contribution is 2.31. The molecule has 1 nitrogen and oxygen atoms in total. The van der Waals surface area contributed by atoms with Crippen molar-refractivity contribution in [1.82, 2.24) is 0 Å². The Labute approximate surface area is 183 Å². The van der Waals surface area contributed by atoms with Gasteiger partial charge in [-0.3, -0.25) is 0 Å². The Balaban J connectivity index is 1.65. The standard InChI is InChI=1S/C25H13F7O/c1-13-2-4-18-15(8-13)11-21(27)24(23(18)29)33-12-14-3-5-17-16(9-14)10-20(26)19(22(17)28)6-7-25(30,31)32/h2-5,8-11H,12H2,1H3. The van der Waals surface area contributed by atoms with E-state index in [0.717, 1.165) is 23.6 Å². The Morgan fingerprint density at radius 2 is 1.42 bits per heavy atom. The van der Waals surface area contributed by atoms with Gasteiger partial charge < -0.3 is 4.74 Å². The van der Waals surface area contributed by atoms with E-state index in [4.69, 9.17) is 4.74 Å². The third-order valence-corrected chi connectivity index (χ3v) is 4.95. The minimum atomic E-state index is -4.90. The second-order valence-electron chi connectivity index (χ2n) is 7.37. The van der Waals surface area contributed by atoms with Crippen LogP contribution in [0, 0.1) is 42.0 Å². The molecule has 0 aliphatic carbocycles. The summed E-state index contributed by atoms with van der Waals surface area (Å²) in [5, 5.41) is 0.411. The van der Waals surface area contributed by atoms with Crippen molar-refractivity contribution >= 4 is 21.5 Å². The Bertz CT molecular complexity index is 1460. The normalized spacial score (nSPS) is 11.5. The number of hydrogen-bond acceptors (Lipinski definition) is 1. The topological polar surface area (TPSA) is 9.23 Å². The fourth-order valence-electron chi connectivity index (χ4n) is 3.44. The zero-order valence-corrected chi connectivity index (χ0v) is 16.9. The minimum Gasteiger partial charge on any atom is -0.483 e. The smallest absolute Gasteiger partial charge is 0.458 e. The molecular weight excluding hydrogens is 449 g/mol. The first-order chi connectivity index (χ1) is 15.5. The van der Waals surface area contributed by atoms with Gasteiger partial charge in [0.2, 0.25) is 0 Å². The van der Waals surface area contributed by atoms with Crippen LogP contribution in [-0.4, -0.2) is 6.18 Å². The van der Waals surface area contributed by atoms with Crippen LogP contribution in [-0.2, 0) is 6.61 Å². The molecule has 0 saturated heterocycles. The molecule has 4 aromatic carbocycles. The van der Waals surface area contributed by atoms with Crippen molar-refractivity contribution in [2.75, 3.05) is 0 Å². The quantitative estimate of drug-likeness (QED) is 0.229. The van der Waals surface area contributed by atoms with Gasteiger partial charge in [-0.25, -0.2) is 17.6 Å². The lowest BCUT2D eigenvalue weighted by molar-refractivity contribution is -0.0696. The predicted octanol–water partition coefficient (Wildman–Crippen LogP) is 7.35. The molecule has 0 saturated carbocycles. The van der Waals surface area contributed by atoms with E-state index in [1.807, 2.05) is 0 Å². The van der Waals surface area contributed by atoms with E-state index in [1.165, 1.54) is 30.2 Å². The summed E-state index contributed by atoms with van der Waals surface area (Å²) in [7, 11) is 0. The zero-order chi connectivity index (χ0) is 23.9. The lowest BCUT2D eigenvalue weighted by Gasteiger charge is -2.12. The number of fused-ring (bicyclic) bond motifs is 2. The Hall–Kier alpha value is -3.73. The van der Waals surface area contributed by atoms with Gasteiger partial charge in [-0.15, -0.1) is 0 Å². The van der Waals surface area contributed by atoms with Gasteiger partial charge in [0.15, 0.2) is 17.4 Å². The first-order valence-corrected chi connectivity index (χ1v) is 9.55. The van der Waals surface area contributed by atoms with Crippen LogP contribution < -0.4 is 4.74 Å². The van der Waals surface area contributed by atoms with Crippen molar-refractivity contribution in [3.63, 3.8) is 0 Å². The maximum Gasteiger partial charge on any atom is 0.458 e. The van der Waals surface area contributed by atoms with Gasteiger partial charge in [-0.2, -0.15) is 13.2 Å². The van der Waals surface area contributed by atoms with E-state index < -0.39 is 40.8 Å². The number of ether oxygens (including phenoxy) is 1. The average molecular weight is 462 g/mol. The highest BCUT2D eigenvalue weighted by molar-refractivity contribution is 5.86. The molecule has 0 aromatic heterocycles. The van der Waals surface area contributed by atoms with Crippen LogP contribution in [0.5, 0.6) is 5.75 Å². The number of aryl methyl sites for hydroxylation is 1. The lowest BCUT2D eigenvalue weighted by atomic mass is 10.0. The third kappa shape index (κ3) is 4.58. The Kier molecular flexibility index (Phi) is 5.66. The largest absolute Gasteiger partial charge is 0.483 e. The summed E-state index contributed by atoms with van der Waals surface area (Å²) in [4.78, 5) is 0. The summed E-state index contributed by atoms with van der Waals surface area (Å²) < 4.78 is 100. The van der Waals surface area contributed by atoms with Crippen molar-refractivity contribution in [2.45, 2.75) is 19.7 Å². The fraction of sp³-hybridized carbons (Fsp3) is 0.120.